The number of ether oxygens (including phenoxy) is 2. The van der Waals surface area contributed by atoms with E-state index in [1.165, 1.54) is 0 Å². The van der Waals surface area contributed by atoms with Crippen molar-refractivity contribution in [2.75, 3.05) is 41.4 Å². The predicted octanol–water partition coefficient (Wildman–Crippen LogP) is 1.13. The van der Waals surface area contributed by atoms with Gasteiger partial charge in [0.25, 0.3) is 0 Å². The quantitative estimate of drug-likeness (QED) is 0.297. The maximum Gasteiger partial charge on any atom is 0.367 e. The van der Waals surface area contributed by atoms with Gasteiger partial charge in [-0.2, -0.15) is 0 Å². The molecule has 0 bridgehead atoms. The number of nitrogens with zero attached hydrogens (tertiary/aromatic N) is 2. The third-order valence-corrected chi connectivity index (χ3v) is 1.71. The standard InChI is InChI=1S/C11H23N2O2/c1-7-14-10(12(3)4)9-11(13(5)6)15-8-2/h9H,7-8H2,1-6H3/q+1. The van der Waals surface area contributed by atoms with E-state index in [9.17, 15) is 0 Å². The van der Waals surface area contributed by atoms with Crippen molar-refractivity contribution in [2.45, 2.75) is 13.8 Å². The van der Waals surface area contributed by atoms with Crippen LogP contribution < -0.4 is 0 Å². The first-order valence-corrected chi connectivity index (χ1v) is 5.21. The molecule has 4 nitrogen and oxygen atoms in total. The second kappa shape index (κ2) is 7.15. The Bertz CT molecular complexity index is 241. The first-order chi connectivity index (χ1) is 7.02. The molecule has 0 aromatic rings. The maximum atomic E-state index is 5.49. The van der Waals surface area contributed by atoms with Crippen LogP contribution in [0.25, 0.3) is 0 Å². The van der Waals surface area contributed by atoms with Crippen molar-refractivity contribution in [1.29, 1.82) is 0 Å². The molecular weight excluding hydrogens is 192 g/mol. The van der Waals surface area contributed by atoms with Gasteiger partial charge in [0.1, 0.15) is 20.2 Å². The van der Waals surface area contributed by atoms with E-state index in [4.69, 9.17) is 9.47 Å². The molecule has 0 N–H and O–H groups in total. The van der Waals surface area contributed by atoms with Gasteiger partial charge < -0.3 is 14.4 Å². The van der Waals surface area contributed by atoms with Crippen LogP contribution in [-0.2, 0) is 9.47 Å². The maximum absolute atomic E-state index is 5.49. The first-order valence-electron chi connectivity index (χ1n) is 5.21. The molecule has 0 saturated heterocycles. The topological polar surface area (TPSA) is 24.7 Å². The highest BCUT2D eigenvalue weighted by Gasteiger charge is 2.10. The van der Waals surface area contributed by atoms with E-state index in [0.717, 1.165) is 11.8 Å². The van der Waals surface area contributed by atoms with Crippen molar-refractivity contribution < 1.29 is 14.0 Å². The molecule has 0 rings (SSSR count). The van der Waals surface area contributed by atoms with Crippen LogP contribution in [-0.4, -0.2) is 56.8 Å². The van der Waals surface area contributed by atoms with Crippen LogP contribution in [0.1, 0.15) is 13.8 Å². The molecule has 0 amide bonds. The summed E-state index contributed by atoms with van der Waals surface area (Å²) in [5.41, 5.74) is 0. The van der Waals surface area contributed by atoms with Crippen molar-refractivity contribution in [3.8, 4) is 0 Å². The molecule has 4 heteroatoms. The van der Waals surface area contributed by atoms with Crippen LogP contribution in [0.4, 0.5) is 0 Å². The number of rotatable bonds is 5. The molecule has 0 aromatic heterocycles. The van der Waals surface area contributed by atoms with E-state index >= 15 is 0 Å². The molecule has 0 aliphatic rings. The minimum atomic E-state index is 0.650. The highest BCUT2D eigenvalue weighted by Crippen LogP contribution is 2.01. The van der Waals surface area contributed by atoms with Crippen LogP contribution >= 0.6 is 0 Å². The minimum Gasteiger partial charge on any atom is -0.479 e. The van der Waals surface area contributed by atoms with Gasteiger partial charge in [-0.05, 0) is 13.8 Å². The highest BCUT2D eigenvalue weighted by molar-refractivity contribution is 5.83. The molecule has 0 saturated carbocycles. The van der Waals surface area contributed by atoms with Crippen LogP contribution in [0.2, 0.25) is 0 Å². The fraction of sp³-hybridized carbons (Fsp3) is 0.727. The Kier molecular flexibility index (Phi) is 6.58. The predicted molar refractivity (Wildman–Crippen MR) is 62.1 cm³/mol. The summed E-state index contributed by atoms with van der Waals surface area (Å²) >= 11 is 0. The molecule has 0 aromatic carbocycles. The van der Waals surface area contributed by atoms with Gasteiger partial charge in [-0.3, -0.25) is 0 Å². The molecule has 0 fully saturated rings. The largest absolute Gasteiger partial charge is 0.479 e. The lowest BCUT2D eigenvalue weighted by atomic mass is 10.5. The third kappa shape index (κ3) is 5.30. The molecule has 15 heavy (non-hydrogen) atoms. The summed E-state index contributed by atoms with van der Waals surface area (Å²) < 4.78 is 12.9. The summed E-state index contributed by atoms with van der Waals surface area (Å²) in [7, 11) is 7.78. The van der Waals surface area contributed by atoms with Gasteiger partial charge in [0.15, 0.2) is 5.88 Å². The van der Waals surface area contributed by atoms with Crippen LogP contribution in [0.3, 0.4) is 0 Å². The van der Waals surface area contributed by atoms with E-state index in [1.54, 1.807) is 0 Å². The molecule has 0 unspecified atom stereocenters. The zero-order chi connectivity index (χ0) is 11.8. The summed E-state index contributed by atoms with van der Waals surface area (Å²) in [5.74, 6) is 1.60. The lowest BCUT2D eigenvalue weighted by Gasteiger charge is -2.16. The van der Waals surface area contributed by atoms with Gasteiger partial charge in [0.05, 0.1) is 13.2 Å². The molecule has 0 heterocycles. The van der Waals surface area contributed by atoms with Crippen LogP contribution in [0, 0.1) is 0 Å². The lowest BCUT2D eigenvalue weighted by molar-refractivity contribution is -0.473. The summed E-state index contributed by atoms with van der Waals surface area (Å²) in [6.07, 6.45) is 1.90. The average Bonchev–Trinajstić information content (AvgIpc) is 2.15. The molecule has 0 atom stereocenters. The summed E-state index contributed by atoms with van der Waals surface area (Å²) in [4.78, 5) is 1.92. The Hall–Kier alpha value is -1.19. The molecule has 88 valence electrons. The zero-order valence-electron chi connectivity index (χ0n) is 10.7. The van der Waals surface area contributed by atoms with E-state index in [0.29, 0.717) is 13.2 Å². The van der Waals surface area contributed by atoms with Gasteiger partial charge in [-0.1, -0.05) is 0 Å². The number of hydrogen-bond acceptors (Lipinski definition) is 3. The highest BCUT2D eigenvalue weighted by atomic mass is 16.5. The first kappa shape index (κ1) is 13.8. The van der Waals surface area contributed by atoms with Crippen LogP contribution in [0.5, 0.6) is 0 Å². The van der Waals surface area contributed by atoms with Crippen molar-refractivity contribution in [1.82, 2.24) is 4.90 Å². The van der Waals surface area contributed by atoms with Crippen LogP contribution in [0.15, 0.2) is 12.0 Å². The average molecular weight is 215 g/mol. The molecule has 0 radical (unpaired) electrons. The van der Waals surface area contributed by atoms with Gasteiger partial charge in [-0.25, -0.2) is 4.58 Å². The molecule has 0 aliphatic carbocycles. The second-order valence-corrected chi connectivity index (χ2v) is 3.48. The Morgan fingerprint density at radius 3 is 2.00 bits per heavy atom. The van der Waals surface area contributed by atoms with Crippen molar-refractivity contribution in [3.05, 3.63) is 12.0 Å². The van der Waals surface area contributed by atoms with Gasteiger partial charge >= 0.3 is 5.90 Å². The van der Waals surface area contributed by atoms with E-state index < -0.39 is 0 Å². The van der Waals surface area contributed by atoms with Crippen molar-refractivity contribution >= 4 is 5.90 Å². The van der Waals surface area contributed by atoms with Crippen molar-refractivity contribution in [3.63, 3.8) is 0 Å². The van der Waals surface area contributed by atoms with Gasteiger partial charge in [0.2, 0.25) is 0 Å². The smallest absolute Gasteiger partial charge is 0.367 e. The normalized spacial score (nSPS) is 10.9. The number of hydrogen-bond donors (Lipinski definition) is 0. The Balaban J connectivity index is 4.83. The van der Waals surface area contributed by atoms with E-state index in [-0.39, 0.29) is 0 Å². The van der Waals surface area contributed by atoms with E-state index in [1.807, 2.05) is 57.6 Å². The fourth-order valence-electron chi connectivity index (χ4n) is 1.00. The minimum absolute atomic E-state index is 0.650. The monoisotopic (exact) mass is 215 g/mol. The Morgan fingerprint density at radius 1 is 1.13 bits per heavy atom. The summed E-state index contributed by atoms with van der Waals surface area (Å²) in [6, 6.07) is 0. The van der Waals surface area contributed by atoms with Gasteiger partial charge in [0, 0.05) is 14.1 Å². The second-order valence-electron chi connectivity index (χ2n) is 3.48. The summed E-state index contributed by atoms with van der Waals surface area (Å²) in [6.45, 7) is 5.23. The lowest BCUT2D eigenvalue weighted by Crippen LogP contribution is -2.20. The Labute approximate surface area is 92.8 Å². The van der Waals surface area contributed by atoms with Gasteiger partial charge in [-0.15, -0.1) is 0 Å². The Morgan fingerprint density at radius 2 is 1.67 bits per heavy atom. The fourth-order valence-corrected chi connectivity index (χ4v) is 1.00. The zero-order valence-corrected chi connectivity index (χ0v) is 10.7. The molecular formula is C11H23N2O2+. The molecule has 0 spiro atoms. The SMILES string of the molecule is CCOC(/C=C(/OCC)N(C)C)=[N+](C)C. The summed E-state index contributed by atoms with van der Waals surface area (Å²) in [5, 5.41) is 0. The third-order valence-electron chi connectivity index (χ3n) is 1.71. The van der Waals surface area contributed by atoms with E-state index in [2.05, 4.69) is 0 Å². The molecule has 0 aliphatic heterocycles. The van der Waals surface area contributed by atoms with Crippen molar-refractivity contribution in [2.24, 2.45) is 0 Å².